The Kier molecular flexibility index (Phi) is 3.96. The van der Waals surface area contributed by atoms with Crippen molar-refractivity contribution in [1.29, 1.82) is 0 Å². The summed E-state index contributed by atoms with van der Waals surface area (Å²) < 4.78 is 0.996. The predicted octanol–water partition coefficient (Wildman–Crippen LogP) is 7.23. The molecule has 0 spiro atoms. The first-order chi connectivity index (χ1) is 15.1. The Hall–Kier alpha value is -2.64. The van der Waals surface area contributed by atoms with E-state index >= 15 is 0 Å². The SMILES string of the molecule is CCC12CCC1(CC)[N+]1(C)C=C(c3ccccc3)c3ccccc3C1c1ccccc12. The molecule has 0 N–H and O–H groups in total. The van der Waals surface area contributed by atoms with Crippen molar-refractivity contribution in [3.8, 4) is 0 Å². The van der Waals surface area contributed by atoms with Crippen molar-refractivity contribution in [2.75, 3.05) is 7.05 Å². The van der Waals surface area contributed by atoms with Crippen LogP contribution in [-0.4, -0.2) is 17.1 Å². The Bertz CT molecular complexity index is 1180. The lowest BCUT2D eigenvalue weighted by molar-refractivity contribution is -0.954. The summed E-state index contributed by atoms with van der Waals surface area (Å²) in [4.78, 5) is 0. The van der Waals surface area contributed by atoms with Gasteiger partial charge in [-0.1, -0.05) is 92.7 Å². The minimum atomic E-state index is 0.244. The fourth-order valence-corrected chi connectivity index (χ4v) is 7.88. The van der Waals surface area contributed by atoms with Crippen LogP contribution in [-0.2, 0) is 5.41 Å². The van der Waals surface area contributed by atoms with Crippen LogP contribution < -0.4 is 0 Å². The first-order valence-corrected chi connectivity index (χ1v) is 11.9. The number of nitrogens with zero attached hydrogens (tertiary/aromatic N) is 1. The minimum Gasteiger partial charge on any atom is -0.284 e. The van der Waals surface area contributed by atoms with Gasteiger partial charge in [-0.25, -0.2) is 0 Å². The highest BCUT2D eigenvalue weighted by atomic mass is 15.4. The lowest BCUT2D eigenvalue weighted by Gasteiger charge is -2.71. The predicted molar refractivity (Wildman–Crippen MR) is 129 cm³/mol. The van der Waals surface area contributed by atoms with E-state index in [9.17, 15) is 0 Å². The molecule has 1 aliphatic carbocycles. The number of hydrogen-bond donors (Lipinski definition) is 0. The Morgan fingerprint density at radius 2 is 1.45 bits per heavy atom. The van der Waals surface area contributed by atoms with Gasteiger partial charge in [0, 0.05) is 29.5 Å². The Morgan fingerprint density at radius 1 is 0.774 bits per heavy atom. The van der Waals surface area contributed by atoms with Crippen LogP contribution in [0.3, 0.4) is 0 Å². The molecule has 1 fully saturated rings. The molecular weight excluding hydrogens is 374 g/mol. The molecule has 4 atom stereocenters. The van der Waals surface area contributed by atoms with Crippen LogP contribution in [0.15, 0.2) is 85.1 Å². The smallest absolute Gasteiger partial charge is 0.146 e. The summed E-state index contributed by atoms with van der Waals surface area (Å²) in [6.07, 6.45) is 7.69. The second-order valence-corrected chi connectivity index (χ2v) is 9.95. The van der Waals surface area contributed by atoms with E-state index in [4.69, 9.17) is 0 Å². The number of fused-ring (bicyclic) bond motifs is 8. The van der Waals surface area contributed by atoms with Gasteiger partial charge in [0.15, 0.2) is 0 Å². The summed E-state index contributed by atoms with van der Waals surface area (Å²) in [6.45, 7) is 4.86. The molecule has 156 valence electrons. The molecule has 0 radical (unpaired) electrons. The highest BCUT2D eigenvalue weighted by Crippen LogP contribution is 2.69. The Labute approximate surface area is 186 Å². The van der Waals surface area contributed by atoms with Crippen molar-refractivity contribution in [2.45, 2.75) is 56.5 Å². The van der Waals surface area contributed by atoms with E-state index in [-0.39, 0.29) is 11.0 Å². The molecule has 0 saturated heterocycles. The monoisotopic (exact) mass is 406 g/mol. The van der Waals surface area contributed by atoms with Gasteiger partial charge in [0.25, 0.3) is 0 Å². The molecule has 6 rings (SSSR count). The molecule has 2 aliphatic heterocycles. The average molecular weight is 407 g/mol. The molecule has 4 unspecified atom stereocenters. The fraction of sp³-hybridized carbons (Fsp3) is 0.333. The topological polar surface area (TPSA) is 0 Å². The summed E-state index contributed by atoms with van der Waals surface area (Å²) in [7, 11) is 2.53. The van der Waals surface area contributed by atoms with Gasteiger partial charge in [-0.05, 0) is 29.5 Å². The van der Waals surface area contributed by atoms with Crippen LogP contribution in [0, 0.1) is 0 Å². The fourth-order valence-electron chi connectivity index (χ4n) is 7.88. The van der Waals surface area contributed by atoms with E-state index in [2.05, 4.69) is 106 Å². The van der Waals surface area contributed by atoms with E-state index in [1.807, 2.05) is 0 Å². The lowest BCUT2D eigenvalue weighted by Crippen LogP contribution is -2.78. The van der Waals surface area contributed by atoms with Gasteiger partial charge in [0.2, 0.25) is 0 Å². The Balaban J connectivity index is 1.73. The molecule has 1 saturated carbocycles. The quantitative estimate of drug-likeness (QED) is 0.403. The normalized spacial score (nSPS) is 32.6. The number of hydrogen-bond acceptors (Lipinski definition) is 0. The zero-order valence-electron chi connectivity index (χ0n) is 18.9. The zero-order chi connectivity index (χ0) is 21.3. The van der Waals surface area contributed by atoms with E-state index in [1.165, 1.54) is 47.9 Å². The van der Waals surface area contributed by atoms with E-state index in [0.29, 0.717) is 6.04 Å². The second kappa shape index (κ2) is 6.43. The zero-order valence-corrected chi connectivity index (χ0v) is 18.9. The van der Waals surface area contributed by atoms with E-state index in [0.717, 1.165) is 4.48 Å². The molecule has 2 heterocycles. The van der Waals surface area contributed by atoms with E-state index in [1.54, 1.807) is 11.1 Å². The molecule has 1 nitrogen and oxygen atoms in total. The van der Waals surface area contributed by atoms with Gasteiger partial charge in [-0.3, -0.25) is 4.48 Å². The maximum Gasteiger partial charge on any atom is 0.146 e. The van der Waals surface area contributed by atoms with Crippen molar-refractivity contribution in [3.05, 3.63) is 113 Å². The van der Waals surface area contributed by atoms with Gasteiger partial charge in [0.1, 0.15) is 17.8 Å². The van der Waals surface area contributed by atoms with Crippen LogP contribution in [0.25, 0.3) is 5.57 Å². The second-order valence-electron chi connectivity index (χ2n) is 9.95. The third kappa shape index (κ3) is 2.11. The molecule has 0 bridgehead atoms. The number of benzene rings is 3. The molecular formula is C30H32N+. The summed E-state index contributed by atoms with van der Waals surface area (Å²) in [5.41, 5.74) is 9.31. The van der Waals surface area contributed by atoms with Crippen LogP contribution in [0.4, 0.5) is 0 Å². The van der Waals surface area contributed by atoms with E-state index < -0.39 is 0 Å². The first kappa shape index (κ1) is 19.1. The Morgan fingerprint density at radius 3 is 2.13 bits per heavy atom. The van der Waals surface area contributed by atoms with Gasteiger partial charge in [-0.15, -0.1) is 0 Å². The van der Waals surface area contributed by atoms with Crippen molar-refractivity contribution < 1.29 is 4.48 Å². The molecule has 1 heteroatoms. The van der Waals surface area contributed by atoms with Crippen molar-refractivity contribution in [2.24, 2.45) is 0 Å². The van der Waals surface area contributed by atoms with Gasteiger partial charge >= 0.3 is 0 Å². The third-order valence-electron chi connectivity index (χ3n) is 9.30. The van der Waals surface area contributed by atoms with Gasteiger partial charge in [-0.2, -0.15) is 0 Å². The molecule has 3 aliphatic rings. The minimum absolute atomic E-state index is 0.244. The number of likely N-dealkylation sites (N-methyl/N-ethyl adjacent to an activating group) is 1. The third-order valence-corrected chi connectivity index (χ3v) is 9.30. The van der Waals surface area contributed by atoms with Crippen LogP contribution in [0.5, 0.6) is 0 Å². The largest absolute Gasteiger partial charge is 0.284 e. The van der Waals surface area contributed by atoms with Crippen LogP contribution >= 0.6 is 0 Å². The molecule has 0 aromatic heterocycles. The number of quaternary nitrogens is 1. The average Bonchev–Trinajstić information content (AvgIpc) is 2.80. The summed E-state index contributed by atoms with van der Waals surface area (Å²) in [6, 6.07) is 29.9. The van der Waals surface area contributed by atoms with Gasteiger partial charge in [0.05, 0.1) is 12.5 Å². The molecule has 3 aromatic rings. The molecule has 3 aromatic carbocycles. The van der Waals surface area contributed by atoms with Crippen LogP contribution in [0.2, 0.25) is 0 Å². The van der Waals surface area contributed by atoms with Crippen molar-refractivity contribution in [3.63, 3.8) is 0 Å². The molecule has 31 heavy (non-hydrogen) atoms. The standard InChI is InChI=1S/C30H32N/c1-4-29-19-20-30(29,5-2)31(3)21-26(22-13-7-6-8-14-22)23-15-9-10-16-24(23)28(31)25-17-11-12-18-27(25)29/h6-18,21,28H,4-5,19-20H2,1-3H3/q+1. The highest BCUT2D eigenvalue weighted by Gasteiger charge is 2.73. The lowest BCUT2D eigenvalue weighted by atomic mass is 9.44. The molecule has 0 amide bonds. The van der Waals surface area contributed by atoms with Crippen LogP contribution in [0.1, 0.15) is 73.4 Å². The first-order valence-electron chi connectivity index (χ1n) is 11.9. The number of rotatable bonds is 3. The summed E-state index contributed by atoms with van der Waals surface area (Å²) in [5.74, 6) is 0. The summed E-state index contributed by atoms with van der Waals surface area (Å²) >= 11 is 0. The maximum absolute atomic E-state index is 2.64. The summed E-state index contributed by atoms with van der Waals surface area (Å²) in [5, 5.41) is 0. The maximum atomic E-state index is 2.64. The van der Waals surface area contributed by atoms with Crippen molar-refractivity contribution >= 4 is 5.57 Å². The highest BCUT2D eigenvalue weighted by molar-refractivity contribution is 5.82. The van der Waals surface area contributed by atoms with Gasteiger partial charge < -0.3 is 0 Å². The van der Waals surface area contributed by atoms with Crippen molar-refractivity contribution in [1.82, 2.24) is 0 Å².